The predicted octanol–water partition coefficient (Wildman–Crippen LogP) is 3.46. The number of phenolic OH excluding ortho intramolecular Hbond substituents is 1. The molecular formula is C10H10OS2. The zero-order valence-corrected chi connectivity index (χ0v) is 8.95. The van der Waals surface area contributed by atoms with Gasteiger partial charge in [-0.2, -0.15) is 0 Å². The molecule has 0 aliphatic rings. The number of hydrogen-bond acceptors (Lipinski definition) is 3. The normalized spacial score (nSPS) is 10.9. The maximum absolute atomic E-state index is 9.34. The second-order valence-corrected chi connectivity index (χ2v) is 4.72. The quantitative estimate of drug-likeness (QED) is 0.691. The Hall–Kier alpha value is -0.670. The molecule has 1 aromatic heterocycles. The minimum Gasteiger partial charge on any atom is -0.508 e. The number of phenols is 1. The van der Waals surface area contributed by atoms with Crippen LogP contribution in [0, 0.1) is 0 Å². The number of aryl methyl sites for hydroxylation is 1. The van der Waals surface area contributed by atoms with Gasteiger partial charge in [0.1, 0.15) is 5.75 Å². The number of hydrogen-bond donors (Lipinski definition) is 2. The Morgan fingerprint density at radius 3 is 2.92 bits per heavy atom. The lowest BCUT2D eigenvalue weighted by molar-refractivity contribution is 0.476. The number of benzene rings is 1. The summed E-state index contributed by atoms with van der Waals surface area (Å²) in [5.41, 5.74) is 1.24. The zero-order valence-electron chi connectivity index (χ0n) is 7.24. The lowest BCUT2D eigenvalue weighted by Crippen LogP contribution is -1.76. The Kier molecular flexibility index (Phi) is 2.22. The van der Waals surface area contributed by atoms with E-state index < -0.39 is 0 Å². The van der Waals surface area contributed by atoms with Crippen molar-refractivity contribution in [1.82, 2.24) is 0 Å². The van der Waals surface area contributed by atoms with Crippen LogP contribution in [-0.4, -0.2) is 5.11 Å². The maximum Gasteiger partial charge on any atom is 0.116 e. The summed E-state index contributed by atoms with van der Waals surface area (Å²) in [6.45, 7) is 2.10. The van der Waals surface area contributed by atoms with Crippen molar-refractivity contribution in [3.8, 4) is 5.75 Å². The summed E-state index contributed by atoms with van der Waals surface area (Å²) in [6.07, 6.45) is 0.961. The van der Waals surface area contributed by atoms with Crippen LogP contribution in [0.15, 0.2) is 22.4 Å². The molecule has 2 aromatic rings. The van der Waals surface area contributed by atoms with E-state index in [1.165, 1.54) is 10.3 Å². The monoisotopic (exact) mass is 210 g/mol. The summed E-state index contributed by atoms with van der Waals surface area (Å²) >= 11 is 6.07. The standard InChI is InChI=1S/C10H10OS2/c1-2-7-8-5-6(11)3-4-9(8)13-10(7)12/h3-5,11-12H,2H2,1H3. The van der Waals surface area contributed by atoms with Crippen molar-refractivity contribution >= 4 is 34.1 Å². The van der Waals surface area contributed by atoms with Gasteiger partial charge in [-0.15, -0.1) is 24.0 Å². The summed E-state index contributed by atoms with van der Waals surface area (Å²) in [6, 6.07) is 5.46. The number of thiol groups is 1. The van der Waals surface area contributed by atoms with Crippen molar-refractivity contribution in [3.05, 3.63) is 23.8 Å². The molecule has 1 nitrogen and oxygen atoms in total. The molecule has 1 N–H and O–H groups in total. The summed E-state index contributed by atoms with van der Waals surface area (Å²) in [5, 5.41) is 10.5. The molecule has 0 saturated carbocycles. The van der Waals surface area contributed by atoms with Gasteiger partial charge in [-0.1, -0.05) is 6.92 Å². The summed E-state index contributed by atoms with van der Waals surface area (Å²) < 4.78 is 2.25. The zero-order chi connectivity index (χ0) is 9.42. The Labute approximate surface area is 86.4 Å². The Morgan fingerprint density at radius 2 is 2.23 bits per heavy atom. The van der Waals surface area contributed by atoms with Crippen molar-refractivity contribution in [2.45, 2.75) is 17.6 Å². The van der Waals surface area contributed by atoms with Crippen LogP contribution in [0.3, 0.4) is 0 Å². The highest BCUT2D eigenvalue weighted by molar-refractivity contribution is 7.83. The molecule has 68 valence electrons. The number of aromatic hydroxyl groups is 1. The van der Waals surface area contributed by atoms with Crippen LogP contribution in [0.1, 0.15) is 12.5 Å². The lowest BCUT2D eigenvalue weighted by Gasteiger charge is -1.95. The van der Waals surface area contributed by atoms with Gasteiger partial charge in [0.05, 0.1) is 4.21 Å². The number of thiophene rings is 1. The average molecular weight is 210 g/mol. The van der Waals surface area contributed by atoms with Crippen molar-refractivity contribution in [1.29, 1.82) is 0 Å². The highest BCUT2D eigenvalue weighted by atomic mass is 32.2. The van der Waals surface area contributed by atoms with Crippen molar-refractivity contribution in [2.75, 3.05) is 0 Å². The van der Waals surface area contributed by atoms with Gasteiger partial charge in [0, 0.05) is 10.1 Å². The summed E-state index contributed by atoms with van der Waals surface area (Å²) in [5.74, 6) is 0.327. The van der Waals surface area contributed by atoms with Crippen LogP contribution >= 0.6 is 24.0 Å². The Morgan fingerprint density at radius 1 is 1.46 bits per heavy atom. The van der Waals surface area contributed by atoms with Gasteiger partial charge in [-0.25, -0.2) is 0 Å². The van der Waals surface area contributed by atoms with E-state index in [9.17, 15) is 5.11 Å². The summed E-state index contributed by atoms with van der Waals surface area (Å²) in [4.78, 5) is 0. The van der Waals surface area contributed by atoms with Crippen LogP contribution in [0.25, 0.3) is 10.1 Å². The molecule has 0 fully saturated rings. The third kappa shape index (κ3) is 1.42. The van der Waals surface area contributed by atoms with Gasteiger partial charge >= 0.3 is 0 Å². The van der Waals surface area contributed by atoms with Gasteiger partial charge in [0.25, 0.3) is 0 Å². The fraction of sp³-hybridized carbons (Fsp3) is 0.200. The minimum absolute atomic E-state index is 0.327. The van der Waals surface area contributed by atoms with Crippen LogP contribution in [0.5, 0.6) is 5.75 Å². The largest absolute Gasteiger partial charge is 0.508 e. The molecule has 3 heteroatoms. The molecule has 0 aliphatic heterocycles. The van der Waals surface area contributed by atoms with E-state index in [1.54, 1.807) is 17.4 Å². The maximum atomic E-state index is 9.34. The predicted molar refractivity (Wildman–Crippen MR) is 60.1 cm³/mol. The Balaban J connectivity index is 2.80. The summed E-state index contributed by atoms with van der Waals surface area (Å²) in [7, 11) is 0. The molecule has 0 bridgehead atoms. The van der Waals surface area contributed by atoms with Crippen molar-refractivity contribution in [3.63, 3.8) is 0 Å². The van der Waals surface area contributed by atoms with Crippen molar-refractivity contribution in [2.24, 2.45) is 0 Å². The SMILES string of the molecule is CCc1c(S)sc2ccc(O)cc12. The first-order valence-corrected chi connectivity index (χ1v) is 5.42. The molecule has 0 atom stereocenters. The van der Waals surface area contributed by atoms with E-state index in [2.05, 4.69) is 19.6 Å². The molecule has 1 heterocycles. The lowest BCUT2D eigenvalue weighted by atomic mass is 10.1. The second-order valence-electron chi connectivity index (χ2n) is 2.92. The molecule has 0 aliphatic carbocycles. The third-order valence-electron chi connectivity index (χ3n) is 2.11. The fourth-order valence-electron chi connectivity index (χ4n) is 1.47. The van der Waals surface area contributed by atoms with E-state index >= 15 is 0 Å². The number of fused-ring (bicyclic) bond motifs is 1. The molecule has 0 saturated heterocycles. The first kappa shape index (κ1) is 8.91. The molecule has 0 amide bonds. The van der Waals surface area contributed by atoms with E-state index in [-0.39, 0.29) is 0 Å². The van der Waals surface area contributed by atoms with Gasteiger partial charge in [-0.3, -0.25) is 0 Å². The Bertz CT molecular complexity index is 445. The van der Waals surface area contributed by atoms with Gasteiger partial charge in [0.2, 0.25) is 0 Å². The molecule has 0 spiro atoms. The molecule has 13 heavy (non-hydrogen) atoms. The highest BCUT2D eigenvalue weighted by Crippen LogP contribution is 2.35. The van der Waals surface area contributed by atoms with Crippen LogP contribution < -0.4 is 0 Å². The van der Waals surface area contributed by atoms with Gasteiger partial charge in [-0.05, 0) is 30.2 Å². The van der Waals surface area contributed by atoms with E-state index in [1.807, 2.05) is 12.1 Å². The molecule has 1 aromatic carbocycles. The molecule has 0 unspecified atom stereocenters. The molecular weight excluding hydrogens is 200 g/mol. The molecule has 2 rings (SSSR count). The van der Waals surface area contributed by atoms with E-state index in [0.29, 0.717) is 5.75 Å². The smallest absolute Gasteiger partial charge is 0.116 e. The van der Waals surface area contributed by atoms with Crippen molar-refractivity contribution < 1.29 is 5.11 Å². The van der Waals surface area contributed by atoms with Gasteiger partial charge in [0.15, 0.2) is 0 Å². The van der Waals surface area contributed by atoms with Crippen LogP contribution in [0.2, 0.25) is 0 Å². The highest BCUT2D eigenvalue weighted by Gasteiger charge is 2.07. The van der Waals surface area contributed by atoms with E-state index in [4.69, 9.17) is 0 Å². The van der Waals surface area contributed by atoms with E-state index in [0.717, 1.165) is 16.0 Å². The van der Waals surface area contributed by atoms with Gasteiger partial charge < -0.3 is 5.11 Å². The first-order chi connectivity index (χ1) is 6.22. The number of rotatable bonds is 1. The second kappa shape index (κ2) is 3.24. The topological polar surface area (TPSA) is 20.2 Å². The first-order valence-electron chi connectivity index (χ1n) is 4.15. The minimum atomic E-state index is 0.327. The van der Waals surface area contributed by atoms with Crippen LogP contribution in [-0.2, 0) is 6.42 Å². The third-order valence-corrected chi connectivity index (χ3v) is 3.67. The fourth-order valence-corrected chi connectivity index (χ4v) is 3.05. The average Bonchev–Trinajstić information content (AvgIpc) is 2.40. The van der Waals surface area contributed by atoms with Crippen LogP contribution in [0.4, 0.5) is 0 Å². The molecule has 0 radical (unpaired) electrons.